The Morgan fingerprint density at radius 1 is 0.870 bits per heavy atom. The fourth-order valence-corrected chi connectivity index (χ4v) is 16.7. The number of aryl methyl sites for hydroxylation is 1. The maximum atomic E-state index is 14.3. The molecule has 12 N–H and O–H groups in total. The third kappa shape index (κ3) is 14.0. The molecule has 92 heavy (non-hydrogen) atoms. The summed E-state index contributed by atoms with van der Waals surface area (Å²) in [7, 11) is 0. The van der Waals surface area contributed by atoms with Gasteiger partial charge in [-0.2, -0.15) is 5.10 Å². The van der Waals surface area contributed by atoms with Crippen molar-refractivity contribution >= 4 is 56.4 Å². The van der Waals surface area contributed by atoms with Crippen molar-refractivity contribution < 1.29 is 84.1 Å². The Morgan fingerprint density at radius 3 is 2.37 bits per heavy atom. The van der Waals surface area contributed by atoms with Crippen LogP contribution in [0.1, 0.15) is 120 Å². The number of para-hydroxylation sites is 1. The third-order valence-electron chi connectivity index (χ3n) is 19.1. The minimum Gasteiger partial charge on any atom is -0.479 e. The summed E-state index contributed by atoms with van der Waals surface area (Å²) in [6.07, 6.45) is -6.26. The van der Waals surface area contributed by atoms with Crippen LogP contribution in [0.5, 0.6) is 5.75 Å². The number of aliphatic hydroxyl groups excluding tert-OH is 7. The molecule has 2 unspecified atom stereocenters. The van der Waals surface area contributed by atoms with Gasteiger partial charge in [0.15, 0.2) is 16.9 Å². The number of aliphatic hydroxyl groups is 7. The van der Waals surface area contributed by atoms with E-state index >= 15 is 0 Å². The van der Waals surface area contributed by atoms with Gasteiger partial charge < -0.3 is 80.4 Å². The highest BCUT2D eigenvalue weighted by Gasteiger charge is 2.66. The minimum atomic E-state index is -1.96. The van der Waals surface area contributed by atoms with Gasteiger partial charge in [-0.15, -0.1) is 0 Å². The van der Waals surface area contributed by atoms with E-state index in [2.05, 4.69) is 24.1 Å². The number of anilines is 2. The average molecular weight is 1290 g/mol. The standard InChI is InChI=1S/C66H82N8O17S/c1-37-43(41-16-17-50(70-51(41)58(83)84)73-21-18-39-10-8-11-42(44(39)27-73)57(82)71-61-69-45-12-4-5-13-49(45)92-61)26-68-74(37)36-65-31-63(2)30-64(3,32-65)34-66(33-63,35-65)89-24-23-72(22-19-46(76)52(78)47(77)28-75)62(87)88-29-40-15-14-38(9-6-7-20-67)25-48(40)90-60-55(81)53(79)54(80)56(91-60)59(85)86/h4-5,8,10-17,25-26,46-47,52-56,60,75-81H,6-7,9,18-24,27-36,67H2,1-3H3,(H,83,84)(H,85,86)(H,69,71,82)/t46-,47-,52+,53+,54+,55-,56+,60-,63?,64?,65?,66?/m1/s1. The van der Waals surface area contributed by atoms with Crippen LogP contribution in [0.25, 0.3) is 21.3 Å². The number of rotatable bonds is 26. The lowest BCUT2D eigenvalue weighted by Crippen LogP contribution is -2.64. The number of carbonyl (C=O) groups is 4. The molecule has 4 bridgehead atoms. The second-order valence-electron chi connectivity index (χ2n) is 26.6. The van der Waals surface area contributed by atoms with E-state index in [9.17, 15) is 65.1 Å². The molecule has 5 fully saturated rings. The zero-order valence-electron chi connectivity index (χ0n) is 51.7. The number of carboxylic acid groups (broad SMARTS) is 2. The molecule has 494 valence electrons. The van der Waals surface area contributed by atoms with E-state index in [-0.39, 0.29) is 65.3 Å². The molecule has 6 aromatic rings. The van der Waals surface area contributed by atoms with E-state index in [1.54, 1.807) is 36.5 Å². The van der Waals surface area contributed by atoms with Gasteiger partial charge in [0.2, 0.25) is 6.29 Å². The molecule has 2 amide bonds. The van der Waals surface area contributed by atoms with E-state index in [1.165, 1.54) is 16.2 Å². The summed E-state index contributed by atoms with van der Waals surface area (Å²) in [6, 6.07) is 22.0. The molecule has 10 atom stereocenters. The highest BCUT2D eigenvalue weighted by molar-refractivity contribution is 7.22. The van der Waals surface area contributed by atoms with Crippen molar-refractivity contribution in [2.75, 3.05) is 49.6 Å². The van der Waals surface area contributed by atoms with Gasteiger partial charge >= 0.3 is 18.0 Å². The predicted molar refractivity (Wildman–Crippen MR) is 336 cm³/mol. The van der Waals surface area contributed by atoms with E-state index in [0.717, 1.165) is 64.7 Å². The first kappa shape index (κ1) is 66.3. The van der Waals surface area contributed by atoms with Gasteiger partial charge in [-0.3, -0.25) is 14.8 Å². The molecular formula is C66H82N8O17S. The molecule has 0 radical (unpaired) electrons. The summed E-state index contributed by atoms with van der Waals surface area (Å²) in [4.78, 5) is 65.9. The topological polar surface area (TPSA) is 375 Å². The number of carbonyl (C=O) groups excluding carboxylic acids is 2. The Hall–Kier alpha value is -7.21. The van der Waals surface area contributed by atoms with E-state index in [0.29, 0.717) is 85.9 Å². The number of aromatic nitrogens is 4. The van der Waals surface area contributed by atoms with Crippen molar-refractivity contribution in [3.05, 3.63) is 118 Å². The molecule has 5 heterocycles. The van der Waals surface area contributed by atoms with Gasteiger partial charge in [-0.25, -0.2) is 24.4 Å². The van der Waals surface area contributed by atoms with E-state index < -0.39 is 85.9 Å². The normalized spacial score (nSPS) is 26.7. The number of aromatic carboxylic acids is 1. The van der Waals surface area contributed by atoms with E-state index in [4.69, 9.17) is 34.8 Å². The van der Waals surface area contributed by atoms with Crippen LogP contribution in [0.15, 0.2) is 79.0 Å². The smallest absolute Gasteiger partial charge is 0.410 e. The number of hydrogen-bond donors (Lipinski definition) is 11. The molecule has 6 aliphatic rings. The van der Waals surface area contributed by atoms with Crippen LogP contribution < -0.4 is 20.7 Å². The SMILES string of the molecule is Cc1c(-c2ccc(N3CCc4cccc(C(=O)Nc5nc6ccccc6s5)c4C3)nc2C(=O)O)cnn1CC12CC3(C)CC(C)(C1)CC(OCCN(CC[C@@H](O)[C@H](O)[C@H](O)CO)C(=O)OCc1ccc(CCCCN)cc1O[C@@H]1O[C@H](C(=O)O)[C@@H](O)[C@H](O)[C@H]1O)(C3)C2. The van der Waals surface area contributed by atoms with Crippen LogP contribution >= 0.6 is 11.3 Å². The molecule has 25 nitrogen and oxygen atoms in total. The maximum Gasteiger partial charge on any atom is 0.410 e. The number of amides is 2. The molecule has 26 heteroatoms. The van der Waals surface area contributed by atoms with Crippen molar-refractivity contribution in [2.45, 2.75) is 166 Å². The second kappa shape index (κ2) is 27.0. The maximum absolute atomic E-state index is 14.3. The number of fused-ring (bicyclic) bond motifs is 2. The van der Waals surface area contributed by atoms with Crippen molar-refractivity contribution in [3.8, 4) is 16.9 Å². The third-order valence-corrected chi connectivity index (χ3v) is 20.1. The Kier molecular flexibility index (Phi) is 19.5. The fourth-order valence-electron chi connectivity index (χ4n) is 15.9. The first-order valence-corrected chi connectivity index (χ1v) is 32.1. The van der Waals surface area contributed by atoms with Gasteiger partial charge in [-0.1, -0.05) is 61.6 Å². The molecule has 0 spiro atoms. The molecule has 4 aliphatic carbocycles. The number of carboxylic acids is 2. The summed E-state index contributed by atoms with van der Waals surface area (Å²) >= 11 is 1.40. The summed E-state index contributed by atoms with van der Waals surface area (Å²) in [5, 5.41) is 102. The second-order valence-corrected chi connectivity index (χ2v) is 27.7. The van der Waals surface area contributed by atoms with Crippen molar-refractivity contribution in [1.82, 2.24) is 24.6 Å². The van der Waals surface area contributed by atoms with Crippen LogP contribution in [0.4, 0.5) is 15.7 Å². The highest BCUT2D eigenvalue weighted by atomic mass is 32.1. The van der Waals surface area contributed by atoms with Crippen LogP contribution in [-0.2, 0) is 51.5 Å². The first-order valence-electron chi connectivity index (χ1n) is 31.3. The number of hydrogen-bond acceptors (Lipinski definition) is 21. The molecule has 3 aromatic heterocycles. The van der Waals surface area contributed by atoms with Crippen LogP contribution in [0, 0.1) is 23.2 Å². The summed E-state index contributed by atoms with van der Waals surface area (Å²) < 4.78 is 27.3. The fraction of sp³-hybridized carbons (Fsp3) is 0.530. The average Bonchev–Trinajstić information content (AvgIpc) is 0.760. The van der Waals surface area contributed by atoms with Crippen LogP contribution in [-0.4, -0.2) is 189 Å². The lowest BCUT2D eigenvalue weighted by atomic mass is 9.39. The minimum absolute atomic E-state index is 0.0311. The monoisotopic (exact) mass is 1290 g/mol. The highest BCUT2D eigenvalue weighted by Crippen LogP contribution is 2.72. The summed E-state index contributed by atoms with van der Waals surface area (Å²) in [5.41, 5.74) is 10.4. The lowest BCUT2D eigenvalue weighted by molar-refractivity contribution is -0.271. The molecular weight excluding hydrogens is 1210 g/mol. The zero-order chi connectivity index (χ0) is 65.4. The lowest BCUT2D eigenvalue weighted by Gasteiger charge is -2.69. The Balaban J connectivity index is 0.786. The number of benzene rings is 3. The van der Waals surface area contributed by atoms with Gasteiger partial charge in [0.05, 0.1) is 41.3 Å². The quantitative estimate of drug-likeness (QED) is 0.0312. The summed E-state index contributed by atoms with van der Waals surface area (Å²) in [6.45, 7) is 6.97. The van der Waals surface area contributed by atoms with Crippen LogP contribution in [0.3, 0.4) is 0 Å². The largest absolute Gasteiger partial charge is 0.479 e. The molecule has 3 aromatic carbocycles. The van der Waals surface area contributed by atoms with Gasteiger partial charge in [0.25, 0.3) is 5.91 Å². The van der Waals surface area contributed by atoms with Crippen molar-refractivity contribution in [2.24, 2.45) is 22.0 Å². The Morgan fingerprint density at radius 2 is 1.64 bits per heavy atom. The zero-order valence-corrected chi connectivity index (χ0v) is 52.5. The van der Waals surface area contributed by atoms with Gasteiger partial charge in [-0.05, 0) is 153 Å². The number of nitrogens with one attached hydrogen (secondary N) is 1. The first-order chi connectivity index (χ1) is 43.9. The Labute approximate surface area is 535 Å². The number of nitrogens with zero attached hydrogens (tertiary/aromatic N) is 6. The predicted octanol–water partition coefficient (Wildman–Crippen LogP) is 5.17. The number of aliphatic carboxylic acids is 1. The number of unbranched alkanes of at least 4 members (excludes halogenated alkanes) is 1. The molecule has 2 aliphatic heterocycles. The van der Waals surface area contributed by atoms with Crippen molar-refractivity contribution in [3.63, 3.8) is 0 Å². The van der Waals surface area contributed by atoms with Crippen LogP contribution in [0.2, 0.25) is 0 Å². The van der Waals surface area contributed by atoms with Gasteiger partial charge in [0, 0.05) is 60.7 Å². The molecule has 1 saturated heterocycles. The number of nitrogens with two attached hydrogens (primary N) is 1. The Bertz CT molecular complexity index is 3640. The number of thiazole rings is 1. The molecule has 4 saturated carbocycles. The van der Waals surface area contributed by atoms with Crippen molar-refractivity contribution in [1.29, 1.82) is 0 Å². The number of pyridine rings is 1. The summed E-state index contributed by atoms with van der Waals surface area (Å²) in [5.74, 6) is -2.58. The van der Waals surface area contributed by atoms with Gasteiger partial charge in [0.1, 0.15) is 48.7 Å². The molecule has 12 rings (SSSR count). The number of ether oxygens (including phenoxy) is 4. The van der Waals surface area contributed by atoms with E-state index in [1.807, 2.05) is 59.0 Å².